The van der Waals surface area contributed by atoms with Crippen LogP contribution >= 0.6 is 0 Å². The van der Waals surface area contributed by atoms with Gasteiger partial charge in [-0.15, -0.1) is 0 Å². The van der Waals surface area contributed by atoms with Gasteiger partial charge in [0.05, 0.1) is 6.10 Å². The van der Waals surface area contributed by atoms with E-state index < -0.39 is 0 Å². The van der Waals surface area contributed by atoms with Gasteiger partial charge in [-0.2, -0.15) is 0 Å². The molecule has 3 unspecified atom stereocenters. The Hall–Kier alpha value is -0.0800. The van der Waals surface area contributed by atoms with Gasteiger partial charge in [-0.1, -0.05) is 27.7 Å². The van der Waals surface area contributed by atoms with Crippen molar-refractivity contribution in [2.24, 2.45) is 17.3 Å². The maximum Gasteiger partial charge on any atom is 0.158 e. The molecule has 1 heterocycles. The second-order valence-electron chi connectivity index (χ2n) is 6.93. The molecule has 1 saturated carbocycles. The van der Waals surface area contributed by atoms with Crippen LogP contribution in [0, 0.1) is 17.3 Å². The average Bonchev–Trinajstić information content (AvgIpc) is 2.68. The van der Waals surface area contributed by atoms with Crippen LogP contribution in [0.4, 0.5) is 0 Å². The van der Waals surface area contributed by atoms with Crippen molar-refractivity contribution in [2.45, 2.75) is 72.2 Å². The van der Waals surface area contributed by atoms with Crippen molar-refractivity contribution in [3.8, 4) is 0 Å². The Bertz CT molecular complexity index is 241. The lowest BCUT2D eigenvalue weighted by Crippen LogP contribution is -2.40. The molecule has 0 amide bonds. The van der Waals surface area contributed by atoms with Crippen LogP contribution in [0.3, 0.4) is 0 Å². The molecular formula is C15H28O2. The van der Waals surface area contributed by atoms with Gasteiger partial charge < -0.3 is 9.47 Å². The first kappa shape index (κ1) is 13.4. The molecule has 1 aliphatic carbocycles. The first-order chi connectivity index (χ1) is 7.98. The third-order valence-electron chi connectivity index (χ3n) is 4.46. The van der Waals surface area contributed by atoms with E-state index in [1.165, 1.54) is 19.3 Å². The Balaban J connectivity index is 1.97. The Morgan fingerprint density at radius 2 is 2.00 bits per heavy atom. The second-order valence-corrected chi connectivity index (χ2v) is 6.93. The van der Waals surface area contributed by atoms with Crippen molar-refractivity contribution < 1.29 is 9.47 Å². The quantitative estimate of drug-likeness (QED) is 0.742. The van der Waals surface area contributed by atoms with Crippen LogP contribution < -0.4 is 0 Å². The average molecular weight is 240 g/mol. The zero-order valence-corrected chi connectivity index (χ0v) is 11.9. The van der Waals surface area contributed by atoms with Crippen LogP contribution in [0.1, 0.15) is 59.8 Å². The van der Waals surface area contributed by atoms with Crippen molar-refractivity contribution in [3.63, 3.8) is 0 Å². The highest BCUT2D eigenvalue weighted by molar-refractivity contribution is 4.87. The van der Waals surface area contributed by atoms with Crippen LogP contribution in [-0.4, -0.2) is 19.0 Å². The lowest BCUT2D eigenvalue weighted by Gasteiger charge is -2.43. The highest BCUT2D eigenvalue weighted by Crippen LogP contribution is 2.43. The molecule has 1 aliphatic heterocycles. The van der Waals surface area contributed by atoms with Gasteiger partial charge in [0.2, 0.25) is 0 Å². The third-order valence-corrected chi connectivity index (χ3v) is 4.46. The number of hydrogen-bond donors (Lipinski definition) is 0. The van der Waals surface area contributed by atoms with Gasteiger partial charge in [-0.3, -0.25) is 0 Å². The molecule has 0 aromatic carbocycles. The summed E-state index contributed by atoms with van der Waals surface area (Å²) in [6.45, 7) is 10.3. The van der Waals surface area contributed by atoms with E-state index in [0.717, 1.165) is 25.4 Å². The first-order valence-corrected chi connectivity index (χ1v) is 7.25. The lowest BCUT2D eigenvalue weighted by atomic mass is 9.68. The topological polar surface area (TPSA) is 18.5 Å². The molecule has 3 atom stereocenters. The van der Waals surface area contributed by atoms with Crippen LogP contribution in [0.25, 0.3) is 0 Å². The second kappa shape index (κ2) is 5.27. The minimum atomic E-state index is 0.0788. The molecule has 1 saturated heterocycles. The highest BCUT2D eigenvalue weighted by Gasteiger charge is 2.38. The van der Waals surface area contributed by atoms with Crippen LogP contribution in [0.2, 0.25) is 0 Å². The predicted molar refractivity (Wildman–Crippen MR) is 69.8 cm³/mol. The summed E-state index contributed by atoms with van der Waals surface area (Å²) in [7, 11) is 0. The summed E-state index contributed by atoms with van der Waals surface area (Å²) in [6.07, 6.45) is 6.56. The van der Waals surface area contributed by atoms with Gasteiger partial charge in [0.25, 0.3) is 0 Å². The molecule has 0 radical (unpaired) electrons. The smallest absolute Gasteiger partial charge is 0.158 e. The zero-order valence-electron chi connectivity index (χ0n) is 11.9. The van der Waals surface area contributed by atoms with E-state index in [9.17, 15) is 0 Å². The molecular weight excluding hydrogens is 212 g/mol. The first-order valence-electron chi connectivity index (χ1n) is 7.25. The molecule has 0 spiro atoms. The van der Waals surface area contributed by atoms with E-state index in [4.69, 9.17) is 9.47 Å². The molecule has 2 fully saturated rings. The third kappa shape index (κ3) is 3.45. The van der Waals surface area contributed by atoms with E-state index in [1.54, 1.807) is 0 Å². The van der Waals surface area contributed by atoms with Gasteiger partial charge in [0.15, 0.2) is 6.29 Å². The fourth-order valence-corrected chi connectivity index (χ4v) is 3.30. The van der Waals surface area contributed by atoms with Gasteiger partial charge in [0.1, 0.15) is 0 Å². The molecule has 2 aliphatic rings. The van der Waals surface area contributed by atoms with Crippen LogP contribution in [-0.2, 0) is 9.47 Å². The van der Waals surface area contributed by atoms with Crippen LogP contribution in [0.15, 0.2) is 0 Å². The highest BCUT2D eigenvalue weighted by atomic mass is 16.7. The summed E-state index contributed by atoms with van der Waals surface area (Å²) in [5.74, 6) is 1.43. The van der Waals surface area contributed by atoms with Gasteiger partial charge >= 0.3 is 0 Å². The van der Waals surface area contributed by atoms with Crippen LogP contribution in [0.5, 0.6) is 0 Å². The molecule has 0 bridgehead atoms. The predicted octanol–water partition coefficient (Wildman–Crippen LogP) is 3.99. The molecule has 17 heavy (non-hydrogen) atoms. The molecule has 2 nitrogen and oxygen atoms in total. The van der Waals surface area contributed by atoms with Gasteiger partial charge in [-0.25, -0.2) is 0 Å². The fraction of sp³-hybridized carbons (Fsp3) is 1.00. The molecule has 2 heteroatoms. The summed E-state index contributed by atoms with van der Waals surface area (Å²) in [4.78, 5) is 0. The summed E-state index contributed by atoms with van der Waals surface area (Å²) in [5, 5.41) is 0. The van der Waals surface area contributed by atoms with Crippen molar-refractivity contribution >= 4 is 0 Å². The van der Waals surface area contributed by atoms with Crippen molar-refractivity contribution in [1.82, 2.24) is 0 Å². The Morgan fingerprint density at radius 1 is 1.24 bits per heavy atom. The molecule has 100 valence electrons. The Labute approximate surface area is 106 Å². The lowest BCUT2D eigenvalue weighted by molar-refractivity contribution is -0.180. The van der Waals surface area contributed by atoms with Crippen molar-refractivity contribution in [3.05, 3.63) is 0 Å². The summed E-state index contributed by atoms with van der Waals surface area (Å²) in [6, 6.07) is 0. The molecule has 2 rings (SSSR count). The minimum absolute atomic E-state index is 0.0788. The van der Waals surface area contributed by atoms with Crippen molar-refractivity contribution in [1.29, 1.82) is 0 Å². The molecule has 0 N–H and O–H groups in total. The molecule has 0 aromatic rings. The maximum atomic E-state index is 6.24. The largest absolute Gasteiger partial charge is 0.353 e. The normalized spacial score (nSPS) is 37.6. The van der Waals surface area contributed by atoms with E-state index in [2.05, 4.69) is 27.7 Å². The number of ether oxygens (including phenoxy) is 2. The van der Waals surface area contributed by atoms with E-state index in [-0.39, 0.29) is 6.29 Å². The van der Waals surface area contributed by atoms with Gasteiger partial charge in [-0.05, 0) is 42.9 Å². The van der Waals surface area contributed by atoms with Crippen molar-refractivity contribution in [2.75, 3.05) is 6.61 Å². The zero-order chi connectivity index (χ0) is 12.5. The summed E-state index contributed by atoms with van der Waals surface area (Å²) >= 11 is 0. The standard InChI is InChI=1S/C15H28O2/c1-11(2)12-7-8-15(3,4)10-13(12)17-14-6-5-9-16-14/h11-14H,5-10H2,1-4H3. The molecule has 0 aromatic heterocycles. The van der Waals surface area contributed by atoms with Gasteiger partial charge in [0, 0.05) is 13.0 Å². The Kier molecular flexibility index (Phi) is 4.14. The minimum Gasteiger partial charge on any atom is -0.353 e. The van der Waals surface area contributed by atoms with E-state index in [0.29, 0.717) is 17.4 Å². The van der Waals surface area contributed by atoms with E-state index in [1.807, 2.05) is 0 Å². The number of hydrogen-bond acceptors (Lipinski definition) is 2. The monoisotopic (exact) mass is 240 g/mol. The Morgan fingerprint density at radius 3 is 2.59 bits per heavy atom. The summed E-state index contributed by atoms with van der Waals surface area (Å²) in [5.41, 5.74) is 0.439. The SMILES string of the molecule is CC(C)C1CCC(C)(C)CC1OC1CCCO1. The maximum absolute atomic E-state index is 6.24. The fourth-order valence-electron chi connectivity index (χ4n) is 3.30. The summed E-state index contributed by atoms with van der Waals surface area (Å²) < 4.78 is 11.9. The van der Waals surface area contributed by atoms with E-state index >= 15 is 0 Å². The number of rotatable bonds is 3.